The number of likely N-dealkylation sites (tertiary alicyclic amines) is 2. The van der Waals surface area contributed by atoms with Crippen molar-refractivity contribution in [3.8, 4) is 12.1 Å². The minimum atomic E-state index is 0.0455. The van der Waals surface area contributed by atoms with E-state index in [0.29, 0.717) is 46.0 Å². The van der Waals surface area contributed by atoms with Crippen LogP contribution >= 0.6 is 0 Å². The van der Waals surface area contributed by atoms with Crippen LogP contribution in [0.3, 0.4) is 0 Å². The first kappa shape index (κ1) is 43.8. The summed E-state index contributed by atoms with van der Waals surface area (Å²) in [6, 6.07) is 31.4. The summed E-state index contributed by atoms with van der Waals surface area (Å²) >= 11 is 0. The van der Waals surface area contributed by atoms with Gasteiger partial charge in [-0.3, -0.25) is 19.8 Å². The molecular formula is C49H54N12O2. The van der Waals surface area contributed by atoms with Gasteiger partial charge in [0, 0.05) is 61.0 Å². The van der Waals surface area contributed by atoms with Gasteiger partial charge in [-0.05, 0) is 122 Å². The summed E-state index contributed by atoms with van der Waals surface area (Å²) < 4.78 is 0. The number of aromatic amines is 2. The molecule has 0 spiro atoms. The number of H-pyrrole nitrogens is 2. The smallest absolute Gasteiger partial charge is 0.253 e. The van der Waals surface area contributed by atoms with Crippen molar-refractivity contribution in [3.05, 3.63) is 141 Å². The van der Waals surface area contributed by atoms with Crippen LogP contribution in [0.1, 0.15) is 130 Å². The maximum atomic E-state index is 13.2. The van der Waals surface area contributed by atoms with E-state index < -0.39 is 0 Å². The molecule has 2 amide bonds. The quantitative estimate of drug-likeness (QED) is 0.103. The molecule has 2 aliphatic rings. The molecule has 14 nitrogen and oxygen atoms in total. The lowest BCUT2D eigenvalue weighted by Gasteiger charge is -2.32. The monoisotopic (exact) mass is 842 g/mol. The number of benzene rings is 4. The van der Waals surface area contributed by atoms with Gasteiger partial charge in [-0.25, -0.2) is 0 Å². The molecule has 0 bridgehead atoms. The zero-order chi connectivity index (χ0) is 44.5. The van der Waals surface area contributed by atoms with Gasteiger partial charge >= 0.3 is 0 Å². The van der Waals surface area contributed by atoms with Gasteiger partial charge in [0.05, 0.1) is 23.3 Å². The molecule has 4 heterocycles. The number of aryl methyl sites for hydroxylation is 3. The Bertz CT molecular complexity index is 2600. The second-order valence-corrected chi connectivity index (χ2v) is 16.6. The second kappa shape index (κ2) is 20.0. The van der Waals surface area contributed by atoms with E-state index in [-0.39, 0.29) is 17.7 Å². The summed E-state index contributed by atoms with van der Waals surface area (Å²) in [6.07, 6.45) is 4.47. The zero-order valence-electron chi connectivity index (χ0n) is 36.6. The Balaban J connectivity index is 0.000000189. The number of aromatic nitrogens is 6. The number of rotatable bonds is 10. The normalized spacial score (nSPS) is 14.3. The number of piperidine rings is 2. The topological polar surface area (TPSA) is 195 Å². The average molecular weight is 843 g/mol. The van der Waals surface area contributed by atoms with Crippen molar-refractivity contribution >= 4 is 35.1 Å². The number of hydrogen-bond acceptors (Lipinski definition) is 10. The molecule has 8 rings (SSSR count). The number of carbonyl (C=O) groups excluding carboxylic acids is 2. The molecule has 6 aromatic rings. The molecule has 0 unspecified atom stereocenters. The first-order chi connectivity index (χ1) is 30.5. The third-order valence-corrected chi connectivity index (χ3v) is 12.0. The van der Waals surface area contributed by atoms with Crippen LogP contribution in [0.2, 0.25) is 0 Å². The standard InChI is InChI=1S/C25H28N6O.C24H26N6O/c1-16(2)23-28-25(30-29-23)27-22-14-21(7-4-17(22)3)24(32)31-12-10-20(11-13-31)19-8-5-18(15-26)6-9-19;1-3-22-27-24(29-28-22)26-21-14-20(7-4-16(21)2)23(31)30-12-10-19(11-13-30)18-8-5-17(15-25)6-9-18/h4-9,14,16,20H,10-13H2,1-3H3,(H2,27,28,29,30);4-9,14,19H,3,10-13H2,1-2H3,(H2,26,27,28,29). The molecule has 2 fully saturated rings. The highest BCUT2D eigenvalue weighted by molar-refractivity contribution is 5.96. The van der Waals surface area contributed by atoms with Crippen molar-refractivity contribution in [3.63, 3.8) is 0 Å². The van der Waals surface area contributed by atoms with Crippen molar-refractivity contribution in [1.29, 1.82) is 10.5 Å². The SMILES string of the molecule is CCc1nc(Nc2cc(C(=O)N3CCC(c4ccc(C#N)cc4)CC3)ccc2C)n[nH]1.Cc1ccc(C(=O)N2CCC(c3ccc(C#N)cc3)CC2)cc1Nc1n[nH]c(C(C)C)n1. The van der Waals surface area contributed by atoms with Crippen LogP contribution in [0.15, 0.2) is 84.9 Å². The van der Waals surface area contributed by atoms with E-state index >= 15 is 0 Å². The summed E-state index contributed by atoms with van der Waals surface area (Å²) in [7, 11) is 0. The Hall–Kier alpha value is -7.32. The van der Waals surface area contributed by atoms with E-state index in [2.05, 4.69) is 67.0 Å². The minimum Gasteiger partial charge on any atom is -0.339 e. The zero-order valence-corrected chi connectivity index (χ0v) is 36.6. The van der Waals surface area contributed by atoms with Gasteiger partial charge in [0.1, 0.15) is 11.6 Å². The van der Waals surface area contributed by atoms with Crippen LogP contribution < -0.4 is 10.6 Å². The van der Waals surface area contributed by atoms with Crippen LogP contribution in [0.25, 0.3) is 0 Å². The molecule has 0 aliphatic carbocycles. The second-order valence-electron chi connectivity index (χ2n) is 16.6. The largest absolute Gasteiger partial charge is 0.339 e. The number of amides is 2. The van der Waals surface area contributed by atoms with Crippen molar-refractivity contribution in [2.24, 2.45) is 0 Å². The number of nitrogens with one attached hydrogen (secondary N) is 4. The number of nitriles is 2. The molecule has 0 saturated carbocycles. The number of carbonyl (C=O) groups is 2. The van der Waals surface area contributed by atoms with E-state index in [1.165, 1.54) is 11.1 Å². The maximum absolute atomic E-state index is 13.2. The van der Waals surface area contributed by atoms with Crippen LogP contribution in [-0.4, -0.2) is 78.2 Å². The summed E-state index contributed by atoms with van der Waals surface area (Å²) in [6.45, 7) is 13.0. The number of hydrogen-bond donors (Lipinski definition) is 4. The van der Waals surface area contributed by atoms with Crippen LogP contribution in [0.4, 0.5) is 23.3 Å². The third-order valence-electron chi connectivity index (χ3n) is 12.0. The van der Waals surface area contributed by atoms with E-state index in [1.54, 1.807) is 0 Å². The van der Waals surface area contributed by atoms with Gasteiger partial charge in [0.25, 0.3) is 11.8 Å². The number of nitrogens with zero attached hydrogens (tertiary/aromatic N) is 8. The molecule has 322 valence electrons. The predicted molar refractivity (Wildman–Crippen MR) is 243 cm³/mol. The summed E-state index contributed by atoms with van der Waals surface area (Å²) in [5, 5.41) is 38.6. The first-order valence-electron chi connectivity index (χ1n) is 21.7. The third kappa shape index (κ3) is 10.8. The Morgan fingerprint density at radius 1 is 0.667 bits per heavy atom. The highest BCUT2D eigenvalue weighted by Crippen LogP contribution is 2.31. The van der Waals surface area contributed by atoms with Gasteiger partial charge in [-0.15, -0.1) is 10.2 Å². The molecule has 2 saturated heterocycles. The Morgan fingerprint density at radius 3 is 1.48 bits per heavy atom. The Morgan fingerprint density at radius 2 is 1.10 bits per heavy atom. The predicted octanol–water partition coefficient (Wildman–Crippen LogP) is 9.18. The fourth-order valence-electron chi connectivity index (χ4n) is 7.97. The van der Waals surface area contributed by atoms with Crippen molar-refractivity contribution in [1.82, 2.24) is 40.2 Å². The van der Waals surface area contributed by atoms with Crippen LogP contribution in [-0.2, 0) is 6.42 Å². The Labute approximate surface area is 368 Å². The lowest BCUT2D eigenvalue weighted by molar-refractivity contribution is 0.0705. The maximum Gasteiger partial charge on any atom is 0.253 e. The van der Waals surface area contributed by atoms with Crippen molar-refractivity contribution in [2.75, 3.05) is 36.8 Å². The fraction of sp³-hybridized carbons (Fsp3) is 0.347. The van der Waals surface area contributed by atoms with Gasteiger partial charge < -0.3 is 20.4 Å². The molecule has 2 aromatic heterocycles. The van der Waals surface area contributed by atoms with Crippen LogP contribution in [0.5, 0.6) is 0 Å². The highest BCUT2D eigenvalue weighted by atomic mass is 16.2. The van der Waals surface area contributed by atoms with E-state index in [9.17, 15) is 9.59 Å². The van der Waals surface area contributed by atoms with E-state index in [1.807, 2.05) is 116 Å². The molecule has 4 aromatic carbocycles. The molecule has 63 heavy (non-hydrogen) atoms. The molecule has 4 N–H and O–H groups in total. The molecule has 0 atom stereocenters. The number of anilines is 4. The van der Waals surface area contributed by atoms with Gasteiger partial charge in [-0.2, -0.15) is 20.5 Å². The van der Waals surface area contributed by atoms with Gasteiger partial charge in [0.2, 0.25) is 11.9 Å². The minimum absolute atomic E-state index is 0.0455. The van der Waals surface area contributed by atoms with Crippen molar-refractivity contribution in [2.45, 2.75) is 84.5 Å². The summed E-state index contributed by atoms with van der Waals surface area (Å²) in [5.74, 6) is 3.85. The summed E-state index contributed by atoms with van der Waals surface area (Å²) in [5.41, 5.74) is 8.88. The Kier molecular flexibility index (Phi) is 13.9. The molecular weight excluding hydrogens is 789 g/mol. The first-order valence-corrected chi connectivity index (χ1v) is 21.7. The lowest BCUT2D eigenvalue weighted by atomic mass is 9.89. The van der Waals surface area contributed by atoms with E-state index in [0.717, 1.165) is 92.4 Å². The highest BCUT2D eigenvalue weighted by Gasteiger charge is 2.27. The fourth-order valence-corrected chi connectivity index (χ4v) is 7.97. The van der Waals surface area contributed by atoms with Crippen LogP contribution in [0, 0.1) is 36.5 Å². The molecule has 2 aliphatic heterocycles. The van der Waals surface area contributed by atoms with Gasteiger partial charge in [0.15, 0.2) is 0 Å². The van der Waals surface area contributed by atoms with Gasteiger partial charge in [-0.1, -0.05) is 57.2 Å². The summed E-state index contributed by atoms with van der Waals surface area (Å²) in [4.78, 5) is 39.0. The average Bonchev–Trinajstić information content (AvgIpc) is 4.00. The molecule has 14 heteroatoms. The molecule has 0 radical (unpaired) electrons. The van der Waals surface area contributed by atoms with Crippen molar-refractivity contribution < 1.29 is 9.59 Å². The van der Waals surface area contributed by atoms with E-state index in [4.69, 9.17) is 10.5 Å². The lowest BCUT2D eigenvalue weighted by Crippen LogP contribution is -2.37.